The van der Waals surface area contributed by atoms with Gasteiger partial charge in [-0.2, -0.15) is 0 Å². The van der Waals surface area contributed by atoms with Gasteiger partial charge < -0.3 is 14.2 Å². The highest BCUT2D eigenvalue weighted by molar-refractivity contribution is 5.71. The first-order valence-corrected chi connectivity index (χ1v) is 33.0. The Bertz CT molecular complexity index is 1640. The monoisotopic (exact) mass is 1090 g/mol. The molecule has 0 heterocycles. The number of rotatable bonds is 59. The van der Waals surface area contributed by atoms with Gasteiger partial charge in [0, 0.05) is 19.3 Å². The molecule has 0 aromatic heterocycles. The molecule has 0 rings (SSSR count). The van der Waals surface area contributed by atoms with Crippen molar-refractivity contribution < 1.29 is 28.6 Å². The summed E-state index contributed by atoms with van der Waals surface area (Å²) in [5.41, 5.74) is 0. The fourth-order valence-electron chi connectivity index (χ4n) is 8.98. The lowest BCUT2D eigenvalue weighted by Crippen LogP contribution is -2.30. The predicted octanol–water partition coefficient (Wildman–Crippen LogP) is 22.8. The summed E-state index contributed by atoms with van der Waals surface area (Å²) in [6, 6.07) is 0. The summed E-state index contributed by atoms with van der Waals surface area (Å²) < 4.78 is 16.9. The van der Waals surface area contributed by atoms with Crippen molar-refractivity contribution in [3.05, 3.63) is 122 Å². The van der Waals surface area contributed by atoms with Gasteiger partial charge in [-0.05, 0) is 135 Å². The van der Waals surface area contributed by atoms with Gasteiger partial charge in [0.25, 0.3) is 0 Å². The minimum absolute atomic E-state index is 0.0883. The molecule has 450 valence electrons. The van der Waals surface area contributed by atoms with Gasteiger partial charge in [0.15, 0.2) is 6.10 Å². The Morgan fingerprint density at radius 3 is 0.797 bits per heavy atom. The zero-order valence-electron chi connectivity index (χ0n) is 51.6. The molecule has 0 aromatic rings. The molecule has 0 amide bonds. The van der Waals surface area contributed by atoms with Crippen molar-refractivity contribution in [1.29, 1.82) is 0 Å². The zero-order valence-corrected chi connectivity index (χ0v) is 51.6. The topological polar surface area (TPSA) is 78.9 Å². The van der Waals surface area contributed by atoms with Crippen LogP contribution in [-0.4, -0.2) is 37.2 Å². The van der Waals surface area contributed by atoms with Crippen LogP contribution in [0.3, 0.4) is 0 Å². The van der Waals surface area contributed by atoms with Gasteiger partial charge in [0.1, 0.15) is 13.2 Å². The molecule has 1 unspecified atom stereocenters. The largest absolute Gasteiger partial charge is 0.462 e. The smallest absolute Gasteiger partial charge is 0.306 e. The van der Waals surface area contributed by atoms with Crippen LogP contribution in [-0.2, 0) is 28.6 Å². The average Bonchev–Trinajstić information content (AvgIpc) is 3.45. The predicted molar refractivity (Wildman–Crippen MR) is 343 cm³/mol. The van der Waals surface area contributed by atoms with Gasteiger partial charge >= 0.3 is 17.9 Å². The Kier molecular flexibility index (Phi) is 62.8. The maximum atomic E-state index is 12.9. The van der Waals surface area contributed by atoms with E-state index in [1.165, 1.54) is 128 Å². The summed E-state index contributed by atoms with van der Waals surface area (Å²) in [7, 11) is 0. The molecule has 1 atom stereocenters. The van der Waals surface area contributed by atoms with E-state index >= 15 is 0 Å². The van der Waals surface area contributed by atoms with E-state index in [2.05, 4.69) is 142 Å². The van der Waals surface area contributed by atoms with E-state index in [9.17, 15) is 14.4 Å². The molecule has 6 heteroatoms. The van der Waals surface area contributed by atoms with Gasteiger partial charge in [0.05, 0.1) is 0 Å². The molecule has 0 saturated carbocycles. The van der Waals surface area contributed by atoms with Gasteiger partial charge in [-0.1, -0.05) is 271 Å². The lowest BCUT2D eigenvalue weighted by Gasteiger charge is -2.18. The van der Waals surface area contributed by atoms with Crippen molar-refractivity contribution in [1.82, 2.24) is 0 Å². The first kappa shape index (κ1) is 74.8. The highest BCUT2D eigenvalue weighted by Gasteiger charge is 2.19. The Balaban J connectivity index is 4.27. The Labute approximate surface area is 488 Å². The van der Waals surface area contributed by atoms with Crippen LogP contribution >= 0.6 is 0 Å². The third-order valence-corrected chi connectivity index (χ3v) is 13.9. The number of unbranched alkanes of at least 4 members (excludes halogenated alkanes) is 28. The molecular formula is C73H122O6. The van der Waals surface area contributed by atoms with Crippen LogP contribution in [0.4, 0.5) is 0 Å². The molecule has 0 bridgehead atoms. The molecule has 0 aliphatic heterocycles. The first-order valence-electron chi connectivity index (χ1n) is 33.0. The Morgan fingerprint density at radius 2 is 0.494 bits per heavy atom. The number of hydrogen-bond donors (Lipinski definition) is 0. The molecule has 0 aliphatic carbocycles. The lowest BCUT2D eigenvalue weighted by atomic mass is 10.1. The van der Waals surface area contributed by atoms with Gasteiger partial charge in [0.2, 0.25) is 0 Å². The van der Waals surface area contributed by atoms with Crippen molar-refractivity contribution >= 4 is 17.9 Å². The van der Waals surface area contributed by atoms with Crippen LogP contribution in [0.5, 0.6) is 0 Å². The number of esters is 3. The normalized spacial score (nSPS) is 12.9. The van der Waals surface area contributed by atoms with Crippen molar-refractivity contribution in [2.24, 2.45) is 0 Å². The fourth-order valence-corrected chi connectivity index (χ4v) is 8.98. The number of ether oxygens (including phenoxy) is 3. The Hall–Kier alpha value is -4.19. The molecule has 6 nitrogen and oxygen atoms in total. The number of carbonyl (C=O) groups excluding carboxylic acids is 3. The maximum Gasteiger partial charge on any atom is 0.306 e. The second kappa shape index (κ2) is 66.3. The highest BCUT2D eigenvalue weighted by Crippen LogP contribution is 2.15. The van der Waals surface area contributed by atoms with Crippen LogP contribution < -0.4 is 0 Å². The second-order valence-electron chi connectivity index (χ2n) is 21.6. The van der Waals surface area contributed by atoms with Crippen molar-refractivity contribution in [2.75, 3.05) is 13.2 Å². The van der Waals surface area contributed by atoms with E-state index in [0.717, 1.165) is 135 Å². The molecule has 0 aliphatic rings. The van der Waals surface area contributed by atoms with Gasteiger partial charge in [-0.25, -0.2) is 0 Å². The molecule has 0 fully saturated rings. The van der Waals surface area contributed by atoms with E-state index < -0.39 is 6.10 Å². The molecule has 0 spiro atoms. The van der Waals surface area contributed by atoms with Crippen LogP contribution in [0.15, 0.2) is 122 Å². The summed E-state index contributed by atoms with van der Waals surface area (Å²) in [6.07, 6.45) is 92.1. The summed E-state index contributed by atoms with van der Waals surface area (Å²) >= 11 is 0. The van der Waals surface area contributed by atoms with Crippen molar-refractivity contribution in [2.45, 2.75) is 309 Å². The van der Waals surface area contributed by atoms with E-state index in [1.807, 2.05) is 0 Å². The number of allylic oxidation sites excluding steroid dienone is 20. The van der Waals surface area contributed by atoms with Crippen LogP contribution in [0.1, 0.15) is 303 Å². The van der Waals surface area contributed by atoms with Crippen molar-refractivity contribution in [3.63, 3.8) is 0 Å². The van der Waals surface area contributed by atoms with Crippen LogP contribution in [0.2, 0.25) is 0 Å². The SMILES string of the molecule is CC/C=C\C/C=C\C/C=C\C/C=C\C/C=C\C/C=C\C/C=C\C/C=C\CCCCCCCCCCC(=O)OCC(COC(=O)CCCCCCC/C=C\CCCCCC)OC(=O)CCCCCCC/C=C\CCCCCCCC. The first-order chi connectivity index (χ1) is 39.0. The third kappa shape index (κ3) is 64.5. The molecule has 0 radical (unpaired) electrons. The number of carbonyl (C=O) groups is 3. The third-order valence-electron chi connectivity index (χ3n) is 13.9. The van der Waals surface area contributed by atoms with Crippen LogP contribution in [0.25, 0.3) is 0 Å². The standard InChI is InChI=1S/C73H122O6/c1-4-7-10-13-16-19-22-25-27-28-29-30-31-32-33-34-35-36-37-38-39-40-41-42-43-44-46-48-51-54-57-60-63-66-72(75)78-69-70(68-77-71(74)65-62-59-56-53-50-47-24-21-18-15-12-9-6-3)79-73(76)67-64-61-58-55-52-49-45-26-23-20-17-14-11-8-5-2/h7,10,16,19,21,24-27,29-30,32-33,35-36,38-39,41-42,45,70H,4-6,8-9,11-15,17-18,20,22-23,28,31,34,37,40,43-44,46-69H2,1-3H3/b10-7-,19-16-,24-21-,27-25-,30-29-,33-32-,36-35-,39-38-,42-41-,45-26-. The Morgan fingerprint density at radius 1 is 0.266 bits per heavy atom. The minimum Gasteiger partial charge on any atom is -0.462 e. The highest BCUT2D eigenvalue weighted by atomic mass is 16.6. The summed E-state index contributed by atoms with van der Waals surface area (Å²) in [5.74, 6) is -0.908. The quantitative estimate of drug-likeness (QED) is 0.0261. The van der Waals surface area contributed by atoms with Gasteiger partial charge in [-0.3, -0.25) is 14.4 Å². The van der Waals surface area contributed by atoms with E-state index in [1.54, 1.807) is 0 Å². The zero-order chi connectivity index (χ0) is 57.1. The molecule has 0 N–H and O–H groups in total. The van der Waals surface area contributed by atoms with Crippen LogP contribution in [0, 0.1) is 0 Å². The van der Waals surface area contributed by atoms with Gasteiger partial charge in [-0.15, -0.1) is 0 Å². The average molecular weight is 1100 g/mol. The maximum absolute atomic E-state index is 12.9. The van der Waals surface area contributed by atoms with E-state index in [0.29, 0.717) is 19.3 Å². The summed E-state index contributed by atoms with van der Waals surface area (Å²) in [4.78, 5) is 38.3. The second-order valence-corrected chi connectivity index (χ2v) is 21.6. The molecular weight excluding hydrogens is 973 g/mol. The lowest BCUT2D eigenvalue weighted by molar-refractivity contribution is -0.167. The molecule has 79 heavy (non-hydrogen) atoms. The minimum atomic E-state index is -0.792. The fraction of sp³-hybridized carbons (Fsp3) is 0.685. The van der Waals surface area contributed by atoms with E-state index in [4.69, 9.17) is 14.2 Å². The summed E-state index contributed by atoms with van der Waals surface area (Å²) in [5, 5.41) is 0. The summed E-state index contributed by atoms with van der Waals surface area (Å²) in [6.45, 7) is 6.50. The van der Waals surface area contributed by atoms with Crippen molar-refractivity contribution in [3.8, 4) is 0 Å². The number of hydrogen-bond acceptors (Lipinski definition) is 6. The molecule has 0 saturated heterocycles. The van der Waals surface area contributed by atoms with E-state index in [-0.39, 0.29) is 31.1 Å². The molecule has 0 aromatic carbocycles.